The molecule has 1 heterocycles. The molecule has 8 heteroatoms. The van der Waals surface area contributed by atoms with Crippen LogP contribution in [-0.2, 0) is 16.1 Å². The number of methoxy groups -OCH3 is 1. The van der Waals surface area contributed by atoms with Crippen LogP contribution >= 0.6 is 11.6 Å². The number of halogens is 2. The van der Waals surface area contributed by atoms with Crippen molar-refractivity contribution in [1.29, 1.82) is 0 Å². The van der Waals surface area contributed by atoms with Crippen LogP contribution in [0.4, 0.5) is 9.18 Å². The Kier molecular flexibility index (Phi) is 5.84. The lowest BCUT2D eigenvalue weighted by atomic mass is 9.95. The third-order valence-electron chi connectivity index (χ3n) is 4.30. The van der Waals surface area contributed by atoms with Crippen LogP contribution in [0.3, 0.4) is 0 Å². The SMILES string of the molecule is COc1ccc(COC(=O)C2=C(C)NC(=O)NC2c2ccc(F)c(Cl)c2)cc1. The van der Waals surface area contributed by atoms with Crippen molar-refractivity contribution in [2.45, 2.75) is 19.6 Å². The fourth-order valence-corrected chi connectivity index (χ4v) is 3.04. The van der Waals surface area contributed by atoms with Crippen LogP contribution in [0.1, 0.15) is 24.1 Å². The van der Waals surface area contributed by atoms with Crippen LogP contribution < -0.4 is 15.4 Å². The lowest BCUT2D eigenvalue weighted by molar-refractivity contribution is -0.140. The minimum atomic E-state index is -0.810. The number of benzene rings is 2. The maximum Gasteiger partial charge on any atom is 0.338 e. The van der Waals surface area contributed by atoms with Crippen LogP contribution in [0.5, 0.6) is 5.75 Å². The average Bonchev–Trinajstić information content (AvgIpc) is 2.68. The highest BCUT2D eigenvalue weighted by atomic mass is 35.5. The van der Waals surface area contributed by atoms with Gasteiger partial charge in [-0.2, -0.15) is 0 Å². The van der Waals surface area contributed by atoms with Crippen molar-refractivity contribution < 1.29 is 23.5 Å². The largest absolute Gasteiger partial charge is 0.497 e. The number of ether oxygens (including phenoxy) is 2. The van der Waals surface area contributed by atoms with Crippen molar-refractivity contribution in [3.63, 3.8) is 0 Å². The molecule has 0 bridgehead atoms. The minimum Gasteiger partial charge on any atom is -0.497 e. The summed E-state index contributed by atoms with van der Waals surface area (Å²) in [5, 5.41) is 5.10. The summed E-state index contributed by atoms with van der Waals surface area (Å²) in [7, 11) is 1.57. The molecule has 0 radical (unpaired) electrons. The molecule has 0 aromatic heterocycles. The number of hydrogen-bond acceptors (Lipinski definition) is 4. The Balaban J connectivity index is 1.82. The molecule has 0 saturated heterocycles. The van der Waals surface area contributed by atoms with Crippen molar-refractivity contribution >= 4 is 23.6 Å². The van der Waals surface area contributed by atoms with Crippen LogP contribution in [0, 0.1) is 5.82 Å². The molecular formula is C20H18ClFN2O4. The summed E-state index contributed by atoms with van der Waals surface area (Å²) in [6.07, 6.45) is 0. The normalized spacial score (nSPS) is 16.3. The Bertz CT molecular complexity index is 944. The van der Waals surface area contributed by atoms with Crippen LogP contribution in [0.25, 0.3) is 0 Å². The molecule has 1 aliphatic heterocycles. The van der Waals surface area contributed by atoms with E-state index in [-0.39, 0.29) is 17.2 Å². The second kappa shape index (κ2) is 8.31. The monoisotopic (exact) mass is 404 g/mol. The van der Waals surface area contributed by atoms with E-state index in [1.165, 1.54) is 18.2 Å². The lowest BCUT2D eigenvalue weighted by Crippen LogP contribution is -2.45. The van der Waals surface area contributed by atoms with Gasteiger partial charge in [0.2, 0.25) is 0 Å². The Morgan fingerprint density at radius 2 is 1.93 bits per heavy atom. The summed E-state index contributed by atoms with van der Waals surface area (Å²) in [6.45, 7) is 1.64. The quantitative estimate of drug-likeness (QED) is 0.742. The maximum atomic E-state index is 13.5. The fraction of sp³-hybridized carbons (Fsp3) is 0.200. The zero-order valence-corrected chi connectivity index (χ0v) is 16.0. The predicted molar refractivity (Wildman–Crippen MR) is 101 cm³/mol. The second-order valence-corrected chi connectivity index (χ2v) is 6.58. The molecule has 0 spiro atoms. The van der Waals surface area contributed by atoms with E-state index in [2.05, 4.69) is 10.6 Å². The zero-order valence-electron chi connectivity index (χ0n) is 15.2. The molecule has 3 rings (SSSR count). The van der Waals surface area contributed by atoms with Gasteiger partial charge in [-0.15, -0.1) is 0 Å². The van der Waals surface area contributed by atoms with E-state index in [0.717, 1.165) is 5.56 Å². The van der Waals surface area contributed by atoms with Gasteiger partial charge in [0.25, 0.3) is 0 Å². The van der Waals surface area contributed by atoms with Crippen LogP contribution in [0.15, 0.2) is 53.7 Å². The van der Waals surface area contributed by atoms with Crippen molar-refractivity contribution in [3.8, 4) is 5.75 Å². The molecule has 2 aromatic rings. The predicted octanol–water partition coefficient (Wildman–Crippen LogP) is 3.86. The first kappa shape index (κ1) is 19.7. The summed E-state index contributed by atoms with van der Waals surface area (Å²) < 4.78 is 24.0. The molecule has 2 amide bonds. The molecule has 0 fully saturated rings. The van der Waals surface area contributed by atoms with E-state index in [1.54, 1.807) is 38.3 Å². The molecular weight excluding hydrogens is 387 g/mol. The topological polar surface area (TPSA) is 76.7 Å². The van der Waals surface area contributed by atoms with Gasteiger partial charge in [0.15, 0.2) is 0 Å². The molecule has 0 saturated carbocycles. The average molecular weight is 405 g/mol. The molecule has 2 aromatic carbocycles. The highest BCUT2D eigenvalue weighted by Crippen LogP contribution is 2.30. The lowest BCUT2D eigenvalue weighted by Gasteiger charge is -2.28. The highest BCUT2D eigenvalue weighted by Gasteiger charge is 2.32. The summed E-state index contributed by atoms with van der Waals surface area (Å²) in [6, 6.07) is 9.82. The van der Waals surface area contributed by atoms with Crippen molar-refractivity contribution in [3.05, 3.63) is 75.7 Å². The minimum absolute atomic E-state index is 0.0461. The van der Waals surface area contributed by atoms with Crippen LogP contribution in [-0.4, -0.2) is 19.1 Å². The van der Waals surface area contributed by atoms with Crippen molar-refractivity contribution in [2.24, 2.45) is 0 Å². The number of amides is 2. The first-order valence-electron chi connectivity index (χ1n) is 8.42. The molecule has 2 N–H and O–H groups in total. The van der Waals surface area contributed by atoms with Gasteiger partial charge in [0.1, 0.15) is 18.2 Å². The van der Waals surface area contributed by atoms with Gasteiger partial charge in [-0.25, -0.2) is 14.0 Å². The third kappa shape index (κ3) is 4.26. The number of carbonyl (C=O) groups is 2. The second-order valence-electron chi connectivity index (χ2n) is 6.17. The number of allylic oxidation sites excluding steroid dienone is 1. The Morgan fingerprint density at radius 3 is 2.57 bits per heavy atom. The highest BCUT2D eigenvalue weighted by molar-refractivity contribution is 6.30. The van der Waals surface area contributed by atoms with Gasteiger partial charge in [0.05, 0.1) is 23.7 Å². The summed E-state index contributed by atoms with van der Waals surface area (Å²) in [5.41, 5.74) is 1.82. The number of urea groups is 1. The molecule has 1 aliphatic rings. The number of carbonyl (C=O) groups excluding carboxylic acids is 2. The van der Waals surface area contributed by atoms with E-state index < -0.39 is 23.9 Å². The first-order valence-corrected chi connectivity index (χ1v) is 8.80. The first-order chi connectivity index (χ1) is 13.4. The number of esters is 1. The third-order valence-corrected chi connectivity index (χ3v) is 4.58. The van der Waals surface area contributed by atoms with Crippen molar-refractivity contribution in [2.75, 3.05) is 7.11 Å². The summed E-state index contributed by atoms with van der Waals surface area (Å²) >= 11 is 5.85. The standard InChI is InChI=1S/C20H18ClFN2O4/c1-11-17(19(25)28-10-12-3-6-14(27-2)7-4-12)18(24-20(26)23-11)13-5-8-16(22)15(21)9-13/h3-9,18H,10H2,1-2H3,(H2,23,24,26). The summed E-state index contributed by atoms with van der Waals surface area (Å²) in [5.74, 6) is -0.498. The zero-order chi connectivity index (χ0) is 20.3. The van der Waals surface area contributed by atoms with Gasteiger partial charge in [-0.1, -0.05) is 29.8 Å². The van der Waals surface area contributed by atoms with E-state index in [9.17, 15) is 14.0 Å². The Hall–Kier alpha value is -3.06. The summed E-state index contributed by atoms with van der Waals surface area (Å²) in [4.78, 5) is 24.6. The van der Waals surface area contributed by atoms with Gasteiger partial charge < -0.3 is 20.1 Å². The molecule has 146 valence electrons. The number of nitrogens with one attached hydrogen (secondary N) is 2. The smallest absolute Gasteiger partial charge is 0.338 e. The molecule has 1 unspecified atom stereocenters. The molecule has 1 atom stereocenters. The van der Waals surface area contributed by atoms with E-state index in [0.29, 0.717) is 17.0 Å². The van der Waals surface area contributed by atoms with Gasteiger partial charge >= 0.3 is 12.0 Å². The van der Waals surface area contributed by atoms with Gasteiger partial charge in [0, 0.05) is 5.70 Å². The fourth-order valence-electron chi connectivity index (χ4n) is 2.85. The molecule has 6 nitrogen and oxygen atoms in total. The maximum absolute atomic E-state index is 13.5. The Morgan fingerprint density at radius 1 is 1.21 bits per heavy atom. The molecule has 0 aliphatic carbocycles. The molecule has 28 heavy (non-hydrogen) atoms. The van der Waals surface area contributed by atoms with Gasteiger partial charge in [-0.05, 0) is 42.3 Å². The number of hydrogen-bond donors (Lipinski definition) is 2. The Labute approximate surface area is 166 Å². The van der Waals surface area contributed by atoms with Gasteiger partial charge in [-0.3, -0.25) is 0 Å². The van der Waals surface area contributed by atoms with E-state index in [1.807, 2.05) is 0 Å². The van der Waals surface area contributed by atoms with E-state index >= 15 is 0 Å². The van der Waals surface area contributed by atoms with Crippen molar-refractivity contribution in [1.82, 2.24) is 10.6 Å². The van der Waals surface area contributed by atoms with E-state index in [4.69, 9.17) is 21.1 Å². The van der Waals surface area contributed by atoms with Crippen LogP contribution in [0.2, 0.25) is 5.02 Å². The number of rotatable bonds is 5.